The normalized spacial score (nSPS) is 20.9. The lowest BCUT2D eigenvalue weighted by molar-refractivity contribution is -0.135. The number of rotatable bonds is 4. The van der Waals surface area contributed by atoms with Gasteiger partial charge in [-0.05, 0) is 31.1 Å². The highest BCUT2D eigenvalue weighted by Crippen LogP contribution is 2.31. The first-order valence-electron chi connectivity index (χ1n) is 7.25. The van der Waals surface area contributed by atoms with Gasteiger partial charge in [0.25, 0.3) is 0 Å². The second kappa shape index (κ2) is 5.91. The maximum atomic E-state index is 13.6. The van der Waals surface area contributed by atoms with Gasteiger partial charge >= 0.3 is 0 Å². The average molecular weight is 320 g/mol. The third-order valence-corrected chi connectivity index (χ3v) is 3.87. The minimum absolute atomic E-state index is 0.0804. The molecule has 2 fully saturated rings. The fourth-order valence-corrected chi connectivity index (χ4v) is 2.62. The van der Waals surface area contributed by atoms with E-state index in [1.807, 2.05) is 0 Å². The molecule has 1 aliphatic heterocycles. The second-order valence-corrected chi connectivity index (χ2v) is 5.58. The molecule has 1 N–H and O–H groups in total. The zero-order chi connectivity index (χ0) is 16.6. The van der Waals surface area contributed by atoms with Gasteiger partial charge in [0.1, 0.15) is 17.7 Å². The van der Waals surface area contributed by atoms with Crippen LogP contribution in [0.1, 0.15) is 24.8 Å². The van der Waals surface area contributed by atoms with Gasteiger partial charge in [0, 0.05) is 17.7 Å². The van der Waals surface area contributed by atoms with Crippen LogP contribution in [0.4, 0.5) is 8.78 Å². The monoisotopic (exact) mass is 320 g/mol. The molecule has 1 aliphatic carbocycles. The van der Waals surface area contributed by atoms with Crippen LogP contribution in [-0.2, 0) is 14.4 Å². The molecule has 1 saturated heterocycles. The van der Waals surface area contributed by atoms with Gasteiger partial charge in [-0.2, -0.15) is 0 Å². The number of amides is 3. The summed E-state index contributed by atoms with van der Waals surface area (Å²) in [5, 5.41) is 2.16. The first kappa shape index (κ1) is 15.3. The van der Waals surface area contributed by atoms with Gasteiger partial charge in [0.05, 0.1) is 6.42 Å². The second-order valence-electron chi connectivity index (χ2n) is 5.58. The number of hydrogen-bond acceptors (Lipinski definition) is 3. The molecule has 0 spiro atoms. The lowest BCUT2D eigenvalue weighted by Gasteiger charge is -2.25. The molecule has 2 aliphatic rings. The van der Waals surface area contributed by atoms with Crippen LogP contribution in [0.25, 0.3) is 6.08 Å². The van der Waals surface area contributed by atoms with Crippen molar-refractivity contribution < 1.29 is 23.2 Å². The largest absolute Gasteiger partial charge is 0.324 e. The summed E-state index contributed by atoms with van der Waals surface area (Å²) >= 11 is 0. The molecular formula is C16H14F2N2O3. The van der Waals surface area contributed by atoms with E-state index in [1.54, 1.807) is 0 Å². The van der Waals surface area contributed by atoms with E-state index in [9.17, 15) is 23.2 Å². The predicted octanol–water partition coefficient (Wildman–Crippen LogP) is 1.38. The first-order valence-corrected chi connectivity index (χ1v) is 7.25. The van der Waals surface area contributed by atoms with E-state index in [-0.39, 0.29) is 18.0 Å². The molecule has 1 heterocycles. The van der Waals surface area contributed by atoms with Crippen LogP contribution in [0.5, 0.6) is 0 Å². The molecule has 3 amide bonds. The van der Waals surface area contributed by atoms with Gasteiger partial charge in [0.15, 0.2) is 0 Å². The van der Waals surface area contributed by atoms with Crippen molar-refractivity contribution in [2.45, 2.75) is 31.3 Å². The van der Waals surface area contributed by atoms with Crippen molar-refractivity contribution in [3.8, 4) is 0 Å². The summed E-state index contributed by atoms with van der Waals surface area (Å²) in [6.45, 7) is 0. The highest BCUT2D eigenvalue weighted by molar-refractivity contribution is 6.08. The van der Waals surface area contributed by atoms with E-state index in [0.29, 0.717) is 0 Å². The fraction of sp³-hybridized carbons (Fsp3) is 0.312. The minimum atomic E-state index is -0.849. The topological polar surface area (TPSA) is 66.5 Å². The Morgan fingerprint density at radius 2 is 1.87 bits per heavy atom. The Labute approximate surface area is 131 Å². The van der Waals surface area contributed by atoms with Crippen LogP contribution >= 0.6 is 0 Å². The van der Waals surface area contributed by atoms with Gasteiger partial charge in [-0.15, -0.1) is 0 Å². The van der Waals surface area contributed by atoms with E-state index in [0.717, 1.165) is 37.1 Å². The van der Waals surface area contributed by atoms with Gasteiger partial charge < -0.3 is 4.90 Å². The van der Waals surface area contributed by atoms with Crippen LogP contribution in [-0.4, -0.2) is 34.7 Å². The molecule has 1 saturated carbocycles. The molecule has 1 aromatic rings. The Bertz CT molecular complexity index is 693. The Morgan fingerprint density at radius 3 is 2.39 bits per heavy atom. The summed E-state index contributed by atoms with van der Waals surface area (Å²) < 4.78 is 27.1. The number of benzene rings is 1. The molecule has 3 rings (SSSR count). The number of imide groups is 1. The summed E-state index contributed by atoms with van der Waals surface area (Å²) in [6, 6.07) is 2.45. The third-order valence-electron chi connectivity index (χ3n) is 3.87. The molecule has 1 aromatic carbocycles. The van der Waals surface area contributed by atoms with Crippen LogP contribution in [0.3, 0.4) is 0 Å². The van der Waals surface area contributed by atoms with Crippen molar-refractivity contribution in [3.63, 3.8) is 0 Å². The van der Waals surface area contributed by atoms with Gasteiger partial charge in [0.2, 0.25) is 17.7 Å². The van der Waals surface area contributed by atoms with E-state index >= 15 is 0 Å². The van der Waals surface area contributed by atoms with Crippen molar-refractivity contribution in [3.05, 3.63) is 41.5 Å². The quantitative estimate of drug-likeness (QED) is 0.673. The molecule has 7 heteroatoms. The van der Waals surface area contributed by atoms with Gasteiger partial charge in [-0.3, -0.25) is 19.7 Å². The Balaban J connectivity index is 1.81. The zero-order valence-electron chi connectivity index (χ0n) is 12.1. The Kier molecular flexibility index (Phi) is 3.94. The summed E-state index contributed by atoms with van der Waals surface area (Å²) in [4.78, 5) is 36.8. The van der Waals surface area contributed by atoms with Crippen molar-refractivity contribution in [2.24, 2.45) is 0 Å². The van der Waals surface area contributed by atoms with Gasteiger partial charge in [-0.25, -0.2) is 8.78 Å². The first-order chi connectivity index (χ1) is 11.0. The molecule has 5 nitrogen and oxygen atoms in total. The Hall–Kier alpha value is -2.57. The van der Waals surface area contributed by atoms with Gasteiger partial charge in [-0.1, -0.05) is 6.07 Å². The standard InChI is InChI=1S/C16H14F2N2O3/c17-11-2-1-3-12(18)10(11)6-7-15(22)20(9-4-5-9)13-8-14(21)19-16(13)23/h1-3,6-7,9,13H,4-5,8H2,(H,19,21,23)/b7-6+. The molecule has 0 bridgehead atoms. The van der Waals surface area contributed by atoms with Crippen molar-refractivity contribution >= 4 is 23.8 Å². The van der Waals surface area contributed by atoms with Crippen molar-refractivity contribution in [1.82, 2.24) is 10.2 Å². The summed E-state index contributed by atoms with van der Waals surface area (Å²) in [5.74, 6) is -3.03. The minimum Gasteiger partial charge on any atom is -0.324 e. The molecule has 120 valence electrons. The number of halogens is 2. The molecule has 1 atom stereocenters. The highest BCUT2D eigenvalue weighted by atomic mass is 19.1. The number of carbonyl (C=O) groups excluding carboxylic acids is 3. The highest BCUT2D eigenvalue weighted by Gasteiger charge is 2.43. The van der Waals surface area contributed by atoms with E-state index < -0.39 is 35.4 Å². The molecule has 0 aromatic heterocycles. The predicted molar refractivity (Wildman–Crippen MR) is 76.8 cm³/mol. The van der Waals surface area contributed by atoms with E-state index in [1.165, 1.54) is 11.0 Å². The number of nitrogens with zero attached hydrogens (tertiary/aromatic N) is 1. The van der Waals surface area contributed by atoms with Crippen molar-refractivity contribution in [2.75, 3.05) is 0 Å². The molecule has 1 unspecified atom stereocenters. The molecule has 23 heavy (non-hydrogen) atoms. The van der Waals surface area contributed by atoms with Crippen LogP contribution in [0.2, 0.25) is 0 Å². The van der Waals surface area contributed by atoms with Crippen LogP contribution in [0.15, 0.2) is 24.3 Å². The zero-order valence-corrected chi connectivity index (χ0v) is 12.1. The SMILES string of the molecule is O=C1CC(N(C(=O)/C=C/c2c(F)cccc2F)C2CC2)C(=O)N1. The van der Waals surface area contributed by atoms with E-state index in [2.05, 4.69) is 5.32 Å². The molecular weight excluding hydrogens is 306 g/mol. The van der Waals surface area contributed by atoms with Crippen molar-refractivity contribution in [1.29, 1.82) is 0 Å². The average Bonchev–Trinajstić information content (AvgIpc) is 3.25. The summed E-state index contributed by atoms with van der Waals surface area (Å²) in [6.07, 6.45) is 3.49. The number of nitrogens with one attached hydrogen (secondary N) is 1. The lowest BCUT2D eigenvalue weighted by Crippen LogP contribution is -2.45. The number of carbonyl (C=O) groups is 3. The maximum absolute atomic E-state index is 13.6. The molecule has 0 radical (unpaired) electrons. The number of hydrogen-bond donors (Lipinski definition) is 1. The van der Waals surface area contributed by atoms with Crippen LogP contribution in [0, 0.1) is 11.6 Å². The summed E-state index contributed by atoms with van der Waals surface area (Å²) in [7, 11) is 0. The van der Waals surface area contributed by atoms with Crippen LogP contribution < -0.4 is 5.32 Å². The Morgan fingerprint density at radius 1 is 1.22 bits per heavy atom. The lowest BCUT2D eigenvalue weighted by atomic mass is 10.1. The third kappa shape index (κ3) is 3.13. The smallest absolute Gasteiger partial charge is 0.249 e. The summed E-state index contributed by atoms with van der Waals surface area (Å²) in [5.41, 5.74) is -0.316. The van der Waals surface area contributed by atoms with E-state index in [4.69, 9.17) is 0 Å². The maximum Gasteiger partial charge on any atom is 0.249 e. The fourth-order valence-electron chi connectivity index (χ4n) is 2.62.